The quantitative estimate of drug-likeness (QED) is 0.688. The Kier molecular flexibility index (Phi) is 5.07. The number of rotatable bonds is 5. The lowest BCUT2D eigenvalue weighted by Crippen LogP contribution is -2.12. The molecule has 0 bridgehead atoms. The molecule has 4 nitrogen and oxygen atoms in total. The van der Waals surface area contributed by atoms with Gasteiger partial charge in [-0.1, -0.05) is 18.2 Å². The van der Waals surface area contributed by atoms with Crippen molar-refractivity contribution in [3.63, 3.8) is 0 Å². The van der Waals surface area contributed by atoms with E-state index in [1.165, 1.54) is 6.07 Å². The molecular weight excluding hydrogens is 333 g/mol. The third-order valence-electron chi connectivity index (χ3n) is 3.97. The summed E-state index contributed by atoms with van der Waals surface area (Å²) in [6.45, 7) is 5.99. The van der Waals surface area contributed by atoms with Gasteiger partial charge in [0.05, 0.1) is 5.69 Å². The number of furan rings is 1. The van der Waals surface area contributed by atoms with Gasteiger partial charge in [-0.25, -0.2) is 4.39 Å². The number of anilines is 1. The monoisotopic (exact) mass is 353 g/mol. The smallest absolute Gasteiger partial charge is 0.291 e. The largest absolute Gasteiger partial charge is 0.485 e. The average Bonchev–Trinajstić information content (AvgIpc) is 3.08. The Labute approximate surface area is 151 Å². The molecule has 0 fully saturated rings. The van der Waals surface area contributed by atoms with Gasteiger partial charge in [0.2, 0.25) is 0 Å². The summed E-state index contributed by atoms with van der Waals surface area (Å²) in [4.78, 5) is 12.3. The summed E-state index contributed by atoms with van der Waals surface area (Å²) in [6.07, 6.45) is 0. The second kappa shape index (κ2) is 7.44. The molecule has 0 spiro atoms. The normalized spacial score (nSPS) is 10.6. The van der Waals surface area contributed by atoms with E-state index in [-0.39, 0.29) is 18.1 Å². The molecule has 0 atom stereocenters. The van der Waals surface area contributed by atoms with Gasteiger partial charge < -0.3 is 14.5 Å². The van der Waals surface area contributed by atoms with Crippen LogP contribution in [0.25, 0.3) is 0 Å². The molecule has 0 aliphatic rings. The highest BCUT2D eigenvalue weighted by molar-refractivity contribution is 6.02. The first-order valence-electron chi connectivity index (χ1n) is 8.28. The fourth-order valence-electron chi connectivity index (χ4n) is 2.51. The number of hydrogen-bond acceptors (Lipinski definition) is 3. The van der Waals surface area contributed by atoms with Crippen molar-refractivity contribution in [2.45, 2.75) is 27.4 Å². The van der Waals surface area contributed by atoms with Gasteiger partial charge in [-0.2, -0.15) is 0 Å². The van der Waals surface area contributed by atoms with Crippen molar-refractivity contribution in [2.24, 2.45) is 0 Å². The Morgan fingerprint density at radius 2 is 1.77 bits per heavy atom. The number of aryl methyl sites for hydroxylation is 3. The Balaban J connectivity index is 1.66. The number of ether oxygens (including phenoxy) is 1. The minimum atomic E-state index is -0.507. The fourth-order valence-corrected chi connectivity index (χ4v) is 2.51. The van der Waals surface area contributed by atoms with Crippen molar-refractivity contribution in [3.05, 3.63) is 82.6 Å². The maximum atomic E-state index is 13.8. The molecule has 3 rings (SSSR count). The highest BCUT2D eigenvalue weighted by Crippen LogP contribution is 2.22. The average molecular weight is 353 g/mol. The Hall–Kier alpha value is -3.08. The Morgan fingerprint density at radius 1 is 1.04 bits per heavy atom. The second-order valence-corrected chi connectivity index (χ2v) is 6.26. The van der Waals surface area contributed by atoms with Crippen LogP contribution in [0.15, 0.2) is 52.9 Å². The van der Waals surface area contributed by atoms with Crippen LogP contribution in [0.2, 0.25) is 0 Å². The summed E-state index contributed by atoms with van der Waals surface area (Å²) in [7, 11) is 0. The summed E-state index contributed by atoms with van der Waals surface area (Å²) in [6, 6.07) is 13.7. The fraction of sp³-hybridized carbons (Fsp3) is 0.190. The zero-order valence-electron chi connectivity index (χ0n) is 14.9. The van der Waals surface area contributed by atoms with Crippen LogP contribution in [-0.2, 0) is 6.61 Å². The van der Waals surface area contributed by atoms with Crippen molar-refractivity contribution in [1.29, 1.82) is 0 Å². The van der Waals surface area contributed by atoms with Gasteiger partial charge in [-0.15, -0.1) is 0 Å². The van der Waals surface area contributed by atoms with E-state index in [1.54, 1.807) is 24.3 Å². The molecule has 2 aromatic carbocycles. The molecule has 26 heavy (non-hydrogen) atoms. The first-order chi connectivity index (χ1) is 12.4. The molecule has 0 saturated heterocycles. The lowest BCUT2D eigenvalue weighted by molar-refractivity contribution is 0.0992. The van der Waals surface area contributed by atoms with E-state index >= 15 is 0 Å². The van der Waals surface area contributed by atoms with Crippen LogP contribution >= 0.6 is 0 Å². The molecule has 1 N–H and O–H groups in total. The molecule has 134 valence electrons. The molecule has 5 heteroatoms. The minimum absolute atomic E-state index is 0.102. The molecular formula is C21H20FNO3. The maximum absolute atomic E-state index is 13.8. The number of amides is 1. The molecule has 3 aromatic rings. The molecule has 0 aliphatic heterocycles. The topological polar surface area (TPSA) is 51.5 Å². The van der Waals surface area contributed by atoms with Gasteiger partial charge in [0.1, 0.15) is 23.9 Å². The van der Waals surface area contributed by atoms with Gasteiger partial charge in [-0.05, 0) is 67.8 Å². The van der Waals surface area contributed by atoms with Crippen LogP contribution in [0.5, 0.6) is 5.75 Å². The molecule has 1 amide bonds. The van der Waals surface area contributed by atoms with Crippen LogP contribution in [-0.4, -0.2) is 5.91 Å². The number of benzene rings is 2. The first-order valence-corrected chi connectivity index (χ1v) is 8.28. The molecule has 0 radical (unpaired) electrons. The minimum Gasteiger partial charge on any atom is -0.485 e. The molecule has 1 heterocycles. The molecule has 0 saturated carbocycles. The highest BCUT2D eigenvalue weighted by atomic mass is 19.1. The van der Waals surface area contributed by atoms with E-state index in [0.717, 1.165) is 22.4 Å². The van der Waals surface area contributed by atoms with E-state index in [0.29, 0.717) is 5.76 Å². The predicted octanol–water partition coefficient (Wildman–Crippen LogP) is 5.18. The molecule has 0 unspecified atom stereocenters. The number of nitrogens with one attached hydrogen (secondary N) is 1. The first kappa shape index (κ1) is 17.7. The number of halogens is 1. The zero-order valence-corrected chi connectivity index (χ0v) is 14.9. The number of carbonyl (C=O) groups excluding carboxylic acids is 1. The lowest BCUT2D eigenvalue weighted by atomic mass is 10.1. The van der Waals surface area contributed by atoms with Crippen LogP contribution in [0, 0.1) is 26.6 Å². The van der Waals surface area contributed by atoms with E-state index in [4.69, 9.17) is 9.15 Å². The van der Waals surface area contributed by atoms with E-state index < -0.39 is 11.7 Å². The van der Waals surface area contributed by atoms with Gasteiger partial charge in [0.25, 0.3) is 5.91 Å². The Bertz CT molecular complexity index is 946. The predicted molar refractivity (Wildman–Crippen MR) is 98.0 cm³/mol. The standard InChI is InChI=1S/C21H20FNO3/c1-13-5-8-17(22)18(10-13)23-21(24)19-9-7-16(26-19)12-25-20-11-14(2)4-6-15(20)3/h4-11H,12H2,1-3H3,(H,23,24). The van der Waals surface area contributed by atoms with Crippen molar-refractivity contribution in [3.8, 4) is 5.75 Å². The third-order valence-corrected chi connectivity index (χ3v) is 3.97. The van der Waals surface area contributed by atoms with Crippen molar-refractivity contribution in [2.75, 3.05) is 5.32 Å². The number of hydrogen-bond donors (Lipinski definition) is 1. The van der Waals surface area contributed by atoms with Crippen LogP contribution in [0.1, 0.15) is 33.0 Å². The summed E-state index contributed by atoms with van der Waals surface area (Å²) >= 11 is 0. The van der Waals surface area contributed by atoms with Crippen molar-refractivity contribution in [1.82, 2.24) is 0 Å². The van der Waals surface area contributed by atoms with Gasteiger partial charge in [0, 0.05) is 0 Å². The summed E-state index contributed by atoms with van der Waals surface area (Å²) in [5, 5.41) is 2.52. The van der Waals surface area contributed by atoms with Gasteiger partial charge >= 0.3 is 0 Å². The SMILES string of the molecule is Cc1ccc(F)c(NC(=O)c2ccc(COc3cc(C)ccc3C)o2)c1. The van der Waals surface area contributed by atoms with E-state index in [9.17, 15) is 9.18 Å². The summed E-state index contributed by atoms with van der Waals surface area (Å²) in [5.74, 6) is 0.391. The summed E-state index contributed by atoms with van der Waals surface area (Å²) < 4.78 is 25.0. The highest BCUT2D eigenvalue weighted by Gasteiger charge is 2.14. The molecule has 0 aliphatic carbocycles. The van der Waals surface area contributed by atoms with E-state index in [1.807, 2.05) is 39.0 Å². The van der Waals surface area contributed by atoms with Crippen LogP contribution in [0.4, 0.5) is 10.1 Å². The zero-order chi connectivity index (χ0) is 18.7. The Morgan fingerprint density at radius 3 is 2.58 bits per heavy atom. The van der Waals surface area contributed by atoms with Gasteiger partial charge in [-0.3, -0.25) is 4.79 Å². The number of carbonyl (C=O) groups is 1. The van der Waals surface area contributed by atoms with Crippen molar-refractivity contribution < 1.29 is 18.3 Å². The lowest BCUT2D eigenvalue weighted by Gasteiger charge is -2.08. The third kappa shape index (κ3) is 4.11. The van der Waals surface area contributed by atoms with E-state index in [2.05, 4.69) is 5.32 Å². The van der Waals surface area contributed by atoms with Crippen LogP contribution < -0.4 is 10.1 Å². The summed E-state index contributed by atoms with van der Waals surface area (Å²) in [5.41, 5.74) is 3.10. The van der Waals surface area contributed by atoms with Crippen LogP contribution in [0.3, 0.4) is 0 Å². The maximum Gasteiger partial charge on any atom is 0.291 e. The second-order valence-electron chi connectivity index (χ2n) is 6.26. The van der Waals surface area contributed by atoms with Gasteiger partial charge in [0.15, 0.2) is 5.76 Å². The van der Waals surface area contributed by atoms with Crippen molar-refractivity contribution >= 4 is 11.6 Å². The molecule has 1 aromatic heterocycles.